The van der Waals surface area contributed by atoms with Crippen molar-refractivity contribution in [1.29, 1.82) is 0 Å². The van der Waals surface area contributed by atoms with E-state index in [-0.39, 0.29) is 9.22 Å². The van der Waals surface area contributed by atoms with Gasteiger partial charge in [-0.05, 0) is 0 Å². The zero-order valence-corrected chi connectivity index (χ0v) is 13.9. The molecule has 2 rings (SSSR count). The van der Waals surface area contributed by atoms with E-state index < -0.39 is 20.1 Å². The number of hydrogen-bond donors (Lipinski definition) is 3. The second-order valence-electron chi connectivity index (χ2n) is 4.39. The molecule has 0 fully saturated rings. The first kappa shape index (κ1) is 15.8. The van der Waals surface area contributed by atoms with Crippen molar-refractivity contribution in [3.8, 4) is 0 Å². The van der Waals surface area contributed by atoms with Gasteiger partial charge in [-0.3, -0.25) is 0 Å². The number of nitrogens with one attached hydrogen (secondary N) is 1. The van der Waals surface area contributed by atoms with Gasteiger partial charge in [-0.1, -0.05) is 0 Å². The van der Waals surface area contributed by atoms with Crippen molar-refractivity contribution in [2.75, 3.05) is 5.32 Å². The molecule has 1 amide bonds. The van der Waals surface area contributed by atoms with Crippen LogP contribution in [0.4, 0.5) is 5.69 Å². The summed E-state index contributed by atoms with van der Waals surface area (Å²) in [4.78, 5) is 23.7. The number of nitrogens with zero attached hydrogens (tertiary/aromatic N) is 1. The first-order valence-corrected chi connectivity index (χ1v) is 10.0. The molecule has 9 heteroatoms. The van der Waals surface area contributed by atoms with Crippen LogP contribution in [0.1, 0.15) is 15.4 Å². The number of benzene rings is 1. The number of aromatic nitrogens is 1. The molecule has 1 aromatic carbocycles. The van der Waals surface area contributed by atoms with E-state index in [2.05, 4.69) is 5.32 Å². The van der Waals surface area contributed by atoms with Gasteiger partial charge < -0.3 is 0 Å². The maximum absolute atomic E-state index is 12.1. The van der Waals surface area contributed by atoms with E-state index in [4.69, 9.17) is 8.19 Å². The van der Waals surface area contributed by atoms with Crippen LogP contribution >= 0.6 is 11.3 Å². The Morgan fingerprint density at radius 3 is 2.29 bits per heavy atom. The average Bonchev–Trinajstić information content (AvgIpc) is 2.66. The molecule has 2 aromatic rings. The Balaban J connectivity index is 2.22. The van der Waals surface area contributed by atoms with Gasteiger partial charge in [0.1, 0.15) is 0 Å². The first-order valence-electron chi connectivity index (χ1n) is 5.84. The van der Waals surface area contributed by atoms with Gasteiger partial charge in [-0.25, -0.2) is 0 Å². The third-order valence-corrected chi connectivity index (χ3v) is 6.13. The summed E-state index contributed by atoms with van der Waals surface area (Å²) in [6, 6.07) is 5.37. The molecule has 0 aliphatic carbocycles. The summed E-state index contributed by atoms with van der Waals surface area (Å²) in [5.41, 5.74) is 0.966. The number of carbonyl (C=O) groups excluding carboxylic acids is 1. The normalized spacial score (nSPS) is 11.4. The fourth-order valence-electron chi connectivity index (χ4n) is 1.66. The van der Waals surface area contributed by atoms with Gasteiger partial charge in [0.25, 0.3) is 0 Å². The predicted octanol–water partition coefficient (Wildman–Crippen LogP) is -0.431. The van der Waals surface area contributed by atoms with Crippen LogP contribution in [-0.2, 0) is 10.8 Å². The van der Waals surface area contributed by atoms with Crippen molar-refractivity contribution in [3.63, 3.8) is 0 Å². The Morgan fingerprint density at radius 1 is 1.29 bits per heavy atom. The van der Waals surface area contributed by atoms with Crippen molar-refractivity contribution < 1.29 is 16.7 Å². The first-order chi connectivity index (χ1) is 9.70. The molecular formula is C12H13AsN2O5S. The monoisotopic (exact) mass is 372 g/mol. The van der Waals surface area contributed by atoms with Crippen LogP contribution in [0.15, 0.2) is 29.1 Å². The molecule has 0 saturated carbocycles. The fourth-order valence-corrected chi connectivity index (χ4v) is 3.66. The van der Waals surface area contributed by atoms with Gasteiger partial charge in [0.05, 0.1) is 0 Å². The molecule has 1 heterocycles. The van der Waals surface area contributed by atoms with Gasteiger partial charge in [-0.15, -0.1) is 0 Å². The minimum atomic E-state index is -4.91. The van der Waals surface area contributed by atoms with Crippen LogP contribution in [0.2, 0.25) is 0 Å². The molecule has 0 radical (unpaired) electrons. The molecule has 0 aliphatic rings. The van der Waals surface area contributed by atoms with Crippen molar-refractivity contribution in [2.24, 2.45) is 7.05 Å². The Morgan fingerprint density at radius 2 is 1.86 bits per heavy atom. The van der Waals surface area contributed by atoms with E-state index in [0.29, 0.717) is 16.3 Å². The Bertz CT molecular complexity index is 787. The zero-order chi connectivity index (χ0) is 15.8. The van der Waals surface area contributed by atoms with Gasteiger partial charge in [0, 0.05) is 0 Å². The quantitative estimate of drug-likeness (QED) is 0.634. The molecule has 7 nitrogen and oxygen atoms in total. The van der Waals surface area contributed by atoms with Crippen LogP contribution in [0, 0.1) is 6.92 Å². The van der Waals surface area contributed by atoms with Crippen molar-refractivity contribution in [2.45, 2.75) is 6.92 Å². The van der Waals surface area contributed by atoms with Crippen molar-refractivity contribution in [1.82, 2.24) is 4.57 Å². The molecule has 0 saturated heterocycles. The predicted molar refractivity (Wildman–Crippen MR) is 79.2 cm³/mol. The second-order valence-corrected chi connectivity index (χ2v) is 8.71. The molecule has 3 N–H and O–H groups in total. The Hall–Kier alpha value is -1.60. The number of anilines is 1. The molecule has 0 unspecified atom stereocenters. The Labute approximate surface area is 126 Å². The summed E-state index contributed by atoms with van der Waals surface area (Å²) < 4.78 is 30.5. The summed E-state index contributed by atoms with van der Waals surface area (Å²) in [7, 11) is 1.59. The summed E-state index contributed by atoms with van der Waals surface area (Å²) >= 11 is -4.06. The van der Waals surface area contributed by atoms with E-state index >= 15 is 0 Å². The second kappa shape index (κ2) is 5.65. The number of hydrogen-bond acceptors (Lipinski definition) is 4. The van der Waals surface area contributed by atoms with Gasteiger partial charge in [-0.2, -0.15) is 0 Å². The zero-order valence-electron chi connectivity index (χ0n) is 11.2. The van der Waals surface area contributed by atoms with Gasteiger partial charge in [0.15, 0.2) is 0 Å². The van der Waals surface area contributed by atoms with Crippen molar-refractivity contribution >= 4 is 41.5 Å². The van der Waals surface area contributed by atoms with Crippen molar-refractivity contribution in [3.05, 3.63) is 44.5 Å². The summed E-state index contributed by atoms with van der Waals surface area (Å²) in [6.45, 7) is 1.67. The van der Waals surface area contributed by atoms with Gasteiger partial charge in [0.2, 0.25) is 0 Å². The maximum atomic E-state index is 12.1. The molecule has 1 aromatic heterocycles. The average molecular weight is 372 g/mol. The summed E-state index contributed by atoms with van der Waals surface area (Å²) in [5.74, 6) is -0.426. The van der Waals surface area contributed by atoms with Crippen LogP contribution in [0.3, 0.4) is 0 Å². The molecule has 0 atom stereocenters. The van der Waals surface area contributed by atoms with E-state index in [9.17, 15) is 13.3 Å². The standard InChI is InChI=1S/C12H13AsN2O5S/c1-7-10(21-12(17)15(7)2)11(16)14-9-5-3-8(4-6-9)13(18,19)20/h3-6H,1-2H3,(H,14,16)(H2,18,19,20). The molecule has 0 bridgehead atoms. The SMILES string of the molecule is Cc1c(C(=O)Nc2ccc([As](=O)(O)O)cc2)sc(=O)n1C. The van der Waals surface area contributed by atoms with E-state index in [1.54, 1.807) is 14.0 Å². The molecule has 0 aliphatic heterocycles. The minimum absolute atomic E-state index is 0.0633. The van der Waals surface area contributed by atoms with E-state index in [0.717, 1.165) is 11.3 Å². The summed E-state index contributed by atoms with van der Waals surface area (Å²) in [5, 5.41) is 2.59. The number of amides is 1. The molecule has 21 heavy (non-hydrogen) atoms. The van der Waals surface area contributed by atoms with Crippen LogP contribution < -0.4 is 14.5 Å². The van der Waals surface area contributed by atoms with Crippen LogP contribution in [0.25, 0.3) is 0 Å². The number of carbonyl (C=O) groups is 1. The van der Waals surface area contributed by atoms with Crippen LogP contribution in [-0.4, -0.2) is 32.8 Å². The van der Waals surface area contributed by atoms with Gasteiger partial charge >= 0.3 is 127 Å². The summed E-state index contributed by atoms with van der Waals surface area (Å²) in [6.07, 6.45) is 0. The third-order valence-electron chi connectivity index (χ3n) is 2.96. The molecular weight excluding hydrogens is 359 g/mol. The molecule has 0 spiro atoms. The fraction of sp³-hybridized carbons (Fsp3) is 0.167. The van der Waals surface area contributed by atoms with Crippen LogP contribution in [0.5, 0.6) is 0 Å². The third kappa shape index (κ3) is 3.36. The Kier molecular flexibility index (Phi) is 4.25. The molecule has 112 valence electrons. The topological polar surface area (TPSA) is 109 Å². The number of rotatable bonds is 3. The van der Waals surface area contributed by atoms with E-state index in [1.807, 2.05) is 0 Å². The van der Waals surface area contributed by atoms with E-state index in [1.165, 1.54) is 28.8 Å². The number of thiazole rings is 1.